The Balaban J connectivity index is 2.38. The second-order valence-electron chi connectivity index (χ2n) is 3.85. The van der Waals surface area contributed by atoms with E-state index in [1.54, 1.807) is 19.2 Å². The molecule has 0 unspecified atom stereocenters. The van der Waals surface area contributed by atoms with Crippen LogP contribution in [0.2, 0.25) is 15.3 Å². The smallest absolute Gasteiger partial charge is 0.142 e. The van der Waals surface area contributed by atoms with Crippen LogP contribution in [-0.4, -0.2) is 23.7 Å². The average molecular weight is 318 g/mol. The lowest BCUT2D eigenvalue weighted by Crippen LogP contribution is -2.02. The summed E-state index contributed by atoms with van der Waals surface area (Å²) in [5.74, 6) is 0.564. The molecule has 19 heavy (non-hydrogen) atoms. The second-order valence-corrected chi connectivity index (χ2v) is 5.00. The summed E-state index contributed by atoms with van der Waals surface area (Å²) in [5.41, 5.74) is 1.44. The molecule has 2 aromatic rings. The summed E-state index contributed by atoms with van der Waals surface area (Å²) in [5, 5.41) is 1.30. The molecular weight excluding hydrogens is 307 g/mol. The number of rotatable bonds is 4. The van der Waals surface area contributed by atoms with E-state index >= 15 is 0 Å². The molecule has 0 atom stereocenters. The van der Waals surface area contributed by atoms with Gasteiger partial charge >= 0.3 is 0 Å². The maximum Gasteiger partial charge on any atom is 0.142 e. The molecule has 6 heteroatoms. The van der Waals surface area contributed by atoms with Crippen molar-refractivity contribution in [3.63, 3.8) is 0 Å². The summed E-state index contributed by atoms with van der Waals surface area (Å²) in [4.78, 5) is 8.45. The number of ether oxygens (including phenoxy) is 1. The van der Waals surface area contributed by atoms with Crippen LogP contribution in [0.4, 0.5) is 0 Å². The Morgan fingerprint density at radius 3 is 2.11 bits per heavy atom. The molecule has 2 rings (SSSR count). The summed E-state index contributed by atoms with van der Waals surface area (Å²) in [6, 6.07) is 7.19. The summed E-state index contributed by atoms with van der Waals surface area (Å²) >= 11 is 18.2. The standard InChI is InChI=1S/C13H11Cl3N2O/c1-19-7-6-10-17-12(15)11(13(16)18-10)8-2-4-9(14)5-3-8/h2-5H,6-7H2,1H3. The van der Waals surface area contributed by atoms with Crippen LogP contribution in [0.3, 0.4) is 0 Å². The predicted molar refractivity (Wildman–Crippen MR) is 78.1 cm³/mol. The Bertz CT molecular complexity index is 550. The molecule has 0 bridgehead atoms. The van der Waals surface area contributed by atoms with Crippen LogP contribution < -0.4 is 0 Å². The quantitative estimate of drug-likeness (QED) is 0.789. The minimum atomic E-state index is 0.327. The number of hydrogen-bond donors (Lipinski definition) is 0. The van der Waals surface area contributed by atoms with Gasteiger partial charge in [0.25, 0.3) is 0 Å². The topological polar surface area (TPSA) is 35.0 Å². The van der Waals surface area contributed by atoms with E-state index in [0.29, 0.717) is 39.7 Å². The van der Waals surface area contributed by atoms with E-state index in [0.717, 1.165) is 5.56 Å². The number of methoxy groups -OCH3 is 1. The molecule has 0 aliphatic rings. The zero-order valence-corrected chi connectivity index (χ0v) is 12.4. The molecule has 0 spiro atoms. The highest BCUT2D eigenvalue weighted by molar-refractivity contribution is 6.37. The third-order valence-electron chi connectivity index (χ3n) is 2.53. The fraction of sp³-hybridized carbons (Fsp3) is 0.231. The largest absolute Gasteiger partial charge is 0.384 e. The van der Waals surface area contributed by atoms with Gasteiger partial charge < -0.3 is 4.74 Å². The first-order chi connectivity index (χ1) is 9.11. The van der Waals surface area contributed by atoms with Gasteiger partial charge in [-0.15, -0.1) is 0 Å². The van der Waals surface area contributed by atoms with Gasteiger partial charge in [-0.25, -0.2) is 9.97 Å². The molecule has 0 aliphatic carbocycles. The highest BCUT2D eigenvalue weighted by atomic mass is 35.5. The summed E-state index contributed by atoms with van der Waals surface area (Å²) in [6.07, 6.45) is 0.566. The predicted octanol–water partition coefficient (Wildman–Crippen LogP) is 4.29. The molecule has 0 fully saturated rings. The Labute approximate surface area is 126 Å². The van der Waals surface area contributed by atoms with Crippen molar-refractivity contribution in [3.05, 3.63) is 45.4 Å². The second kappa shape index (κ2) is 6.53. The highest BCUT2D eigenvalue weighted by Gasteiger charge is 2.13. The van der Waals surface area contributed by atoms with Crippen LogP contribution in [0.5, 0.6) is 0 Å². The molecule has 3 nitrogen and oxygen atoms in total. The van der Waals surface area contributed by atoms with Gasteiger partial charge in [-0.2, -0.15) is 0 Å². The van der Waals surface area contributed by atoms with Gasteiger partial charge in [0.05, 0.1) is 12.2 Å². The Morgan fingerprint density at radius 1 is 1.00 bits per heavy atom. The molecule has 1 heterocycles. The van der Waals surface area contributed by atoms with Crippen molar-refractivity contribution in [3.8, 4) is 11.1 Å². The zero-order chi connectivity index (χ0) is 13.8. The number of hydrogen-bond acceptors (Lipinski definition) is 3. The lowest BCUT2D eigenvalue weighted by molar-refractivity contribution is 0.200. The fourth-order valence-electron chi connectivity index (χ4n) is 1.61. The van der Waals surface area contributed by atoms with E-state index < -0.39 is 0 Å². The van der Waals surface area contributed by atoms with Crippen molar-refractivity contribution in [1.82, 2.24) is 9.97 Å². The minimum absolute atomic E-state index is 0.327. The van der Waals surface area contributed by atoms with Crippen LogP contribution >= 0.6 is 34.8 Å². The third-order valence-corrected chi connectivity index (χ3v) is 3.33. The van der Waals surface area contributed by atoms with Crippen molar-refractivity contribution in [1.29, 1.82) is 0 Å². The van der Waals surface area contributed by atoms with E-state index in [1.165, 1.54) is 0 Å². The first kappa shape index (κ1) is 14.5. The van der Waals surface area contributed by atoms with Gasteiger partial charge in [-0.3, -0.25) is 0 Å². The van der Waals surface area contributed by atoms with E-state index in [-0.39, 0.29) is 0 Å². The van der Waals surface area contributed by atoms with Crippen molar-refractivity contribution in [2.24, 2.45) is 0 Å². The van der Waals surface area contributed by atoms with Gasteiger partial charge in [0.2, 0.25) is 0 Å². The van der Waals surface area contributed by atoms with Gasteiger partial charge in [-0.05, 0) is 17.7 Å². The lowest BCUT2D eigenvalue weighted by Gasteiger charge is -2.08. The molecule has 100 valence electrons. The van der Waals surface area contributed by atoms with Crippen LogP contribution in [0.1, 0.15) is 5.82 Å². The lowest BCUT2D eigenvalue weighted by atomic mass is 10.1. The van der Waals surface area contributed by atoms with Gasteiger partial charge in [0.15, 0.2) is 0 Å². The van der Waals surface area contributed by atoms with Crippen molar-refractivity contribution in [2.75, 3.05) is 13.7 Å². The van der Waals surface area contributed by atoms with Crippen molar-refractivity contribution < 1.29 is 4.74 Å². The molecule has 0 aliphatic heterocycles. The zero-order valence-electron chi connectivity index (χ0n) is 10.2. The SMILES string of the molecule is COCCc1nc(Cl)c(-c2ccc(Cl)cc2)c(Cl)n1. The highest BCUT2D eigenvalue weighted by Crippen LogP contribution is 2.32. The summed E-state index contributed by atoms with van der Waals surface area (Å²) < 4.78 is 4.97. The molecule has 0 N–H and O–H groups in total. The number of benzene rings is 1. The van der Waals surface area contributed by atoms with Gasteiger partial charge in [0.1, 0.15) is 16.1 Å². The van der Waals surface area contributed by atoms with Crippen LogP contribution in [-0.2, 0) is 11.2 Å². The Kier molecular flexibility index (Phi) is 4.99. The molecule has 1 aromatic heterocycles. The average Bonchev–Trinajstić information content (AvgIpc) is 2.38. The van der Waals surface area contributed by atoms with Crippen molar-refractivity contribution >= 4 is 34.8 Å². The summed E-state index contributed by atoms with van der Waals surface area (Å²) in [6.45, 7) is 0.521. The first-order valence-electron chi connectivity index (χ1n) is 5.58. The van der Waals surface area contributed by atoms with Gasteiger partial charge in [0, 0.05) is 18.6 Å². The maximum absolute atomic E-state index is 6.18. The van der Waals surface area contributed by atoms with Crippen LogP contribution in [0, 0.1) is 0 Å². The molecular formula is C13H11Cl3N2O. The number of aromatic nitrogens is 2. The minimum Gasteiger partial charge on any atom is -0.384 e. The van der Waals surface area contributed by atoms with Crippen molar-refractivity contribution in [2.45, 2.75) is 6.42 Å². The van der Waals surface area contributed by atoms with E-state index in [2.05, 4.69) is 9.97 Å². The third kappa shape index (κ3) is 3.57. The maximum atomic E-state index is 6.18. The molecule has 1 aromatic carbocycles. The fourth-order valence-corrected chi connectivity index (χ4v) is 2.38. The van der Waals surface area contributed by atoms with Crippen LogP contribution in [0.15, 0.2) is 24.3 Å². The van der Waals surface area contributed by atoms with E-state index in [1.807, 2.05) is 12.1 Å². The number of nitrogens with zero attached hydrogens (tertiary/aromatic N) is 2. The molecule has 0 saturated heterocycles. The molecule has 0 saturated carbocycles. The van der Waals surface area contributed by atoms with E-state index in [4.69, 9.17) is 39.5 Å². The summed E-state index contributed by atoms with van der Waals surface area (Å²) in [7, 11) is 1.62. The normalized spacial score (nSPS) is 10.7. The monoisotopic (exact) mass is 316 g/mol. The Hall–Kier alpha value is -0.870. The first-order valence-corrected chi connectivity index (χ1v) is 6.72. The molecule has 0 amide bonds. The number of halogens is 3. The van der Waals surface area contributed by atoms with Crippen LogP contribution in [0.25, 0.3) is 11.1 Å². The Morgan fingerprint density at radius 2 is 1.58 bits per heavy atom. The van der Waals surface area contributed by atoms with E-state index in [9.17, 15) is 0 Å². The van der Waals surface area contributed by atoms with Gasteiger partial charge in [-0.1, -0.05) is 46.9 Å². The molecule has 0 radical (unpaired) electrons.